The molecular weight excluding hydrogens is 294 g/mol. The zero-order valence-electron chi connectivity index (χ0n) is 11.7. The van der Waals surface area contributed by atoms with Crippen molar-refractivity contribution in [1.82, 2.24) is 5.27 Å². The van der Waals surface area contributed by atoms with Crippen molar-refractivity contribution in [1.29, 1.82) is 0 Å². The number of rotatable bonds is 6. The van der Waals surface area contributed by atoms with Crippen molar-refractivity contribution < 1.29 is 18.7 Å². The van der Waals surface area contributed by atoms with Crippen molar-refractivity contribution in [3.05, 3.63) is 34.7 Å². The second-order valence-corrected chi connectivity index (χ2v) is 5.10. The molecule has 1 heterocycles. The third-order valence-corrected chi connectivity index (χ3v) is 3.66. The van der Waals surface area contributed by atoms with Gasteiger partial charge in [-0.15, -0.1) is 0 Å². The number of aromatic nitrogens is 2. The highest BCUT2D eigenvalue weighted by atomic mass is 32.2. The fraction of sp³-hybridized carbons (Fsp3) is 0.308. The maximum absolute atomic E-state index is 11.8. The molecule has 0 aliphatic rings. The number of hydrogen-bond acceptors (Lipinski definition) is 5. The standard InChI is InChI=1S/C13H15N3O4S/c1-3-19-10-6-4-9(5-7-10)14-11(17)8-21-12-13(18)20-15-16(12)2/h4-7H,3,8H2,1-2H3,(H-,14,15,17,18)/p+1. The number of carbonyl (C=O) groups is 1. The predicted octanol–water partition coefficient (Wildman–Crippen LogP) is 0.922. The van der Waals surface area contributed by atoms with Crippen LogP contribution in [0.4, 0.5) is 5.69 Å². The van der Waals surface area contributed by atoms with Crippen LogP contribution in [-0.4, -0.2) is 23.5 Å². The van der Waals surface area contributed by atoms with Gasteiger partial charge in [-0.2, -0.15) is 0 Å². The number of hydrogen-bond donors (Lipinski definition) is 2. The summed E-state index contributed by atoms with van der Waals surface area (Å²) < 4.78 is 11.3. The van der Waals surface area contributed by atoms with Crippen LogP contribution in [0.1, 0.15) is 6.92 Å². The van der Waals surface area contributed by atoms with Gasteiger partial charge in [0.1, 0.15) is 5.75 Å². The third-order valence-electron chi connectivity index (χ3n) is 2.54. The minimum Gasteiger partial charge on any atom is -0.494 e. The Morgan fingerprint density at radius 1 is 1.43 bits per heavy atom. The lowest BCUT2D eigenvalue weighted by Crippen LogP contribution is -2.34. The molecule has 2 N–H and O–H groups in total. The first-order chi connectivity index (χ1) is 10.1. The summed E-state index contributed by atoms with van der Waals surface area (Å²) in [5.41, 5.74) is 0.186. The Hall–Kier alpha value is -2.22. The van der Waals surface area contributed by atoms with E-state index in [1.54, 1.807) is 31.3 Å². The highest BCUT2D eigenvalue weighted by Gasteiger charge is 2.19. The van der Waals surface area contributed by atoms with E-state index >= 15 is 0 Å². The summed E-state index contributed by atoms with van der Waals surface area (Å²) in [6, 6.07) is 7.09. The molecule has 2 rings (SSSR count). The van der Waals surface area contributed by atoms with Crippen molar-refractivity contribution in [2.75, 3.05) is 17.7 Å². The van der Waals surface area contributed by atoms with Gasteiger partial charge in [0, 0.05) is 5.69 Å². The molecule has 8 heteroatoms. The topological polar surface area (TPSA) is 88.2 Å². The van der Waals surface area contributed by atoms with Gasteiger partial charge in [0.25, 0.3) is 0 Å². The van der Waals surface area contributed by atoms with Crippen molar-refractivity contribution in [3.63, 3.8) is 0 Å². The largest absolute Gasteiger partial charge is 0.494 e. The number of carbonyl (C=O) groups excluding carboxylic acids is 1. The zero-order chi connectivity index (χ0) is 15.2. The molecule has 0 radical (unpaired) electrons. The molecule has 0 spiro atoms. The average molecular weight is 310 g/mol. The number of H-pyrrole nitrogens is 1. The second-order valence-electron chi connectivity index (χ2n) is 4.14. The third kappa shape index (κ3) is 4.12. The molecular formula is C13H16N3O4S+. The molecule has 1 aromatic heterocycles. The molecule has 112 valence electrons. The smallest absolute Gasteiger partial charge is 0.441 e. The summed E-state index contributed by atoms with van der Waals surface area (Å²) in [5.74, 6) is 0.663. The highest BCUT2D eigenvalue weighted by Crippen LogP contribution is 2.16. The molecule has 1 aromatic carbocycles. The van der Waals surface area contributed by atoms with Gasteiger partial charge in [0.05, 0.1) is 12.4 Å². The van der Waals surface area contributed by atoms with Crippen LogP contribution in [0.5, 0.6) is 5.75 Å². The number of nitrogens with one attached hydrogen (secondary N) is 2. The van der Waals surface area contributed by atoms with Gasteiger partial charge in [-0.25, -0.2) is 4.79 Å². The van der Waals surface area contributed by atoms with E-state index < -0.39 is 5.63 Å². The van der Waals surface area contributed by atoms with E-state index in [1.165, 1.54) is 4.68 Å². The first-order valence-electron chi connectivity index (χ1n) is 6.33. The Labute approximate surface area is 125 Å². The molecule has 0 bridgehead atoms. The summed E-state index contributed by atoms with van der Waals surface area (Å²) in [6.07, 6.45) is 0. The first kappa shape index (κ1) is 15.2. The lowest BCUT2D eigenvalue weighted by molar-refractivity contribution is -0.772. The Balaban J connectivity index is 1.88. The summed E-state index contributed by atoms with van der Waals surface area (Å²) in [7, 11) is 1.64. The van der Waals surface area contributed by atoms with E-state index in [0.29, 0.717) is 17.3 Å². The Morgan fingerprint density at radius 3 is 2.71 bits per heavy atom. The number of amides is 1. The summed E-state index contributed by atoms with van der Waals surface area (Å²) in [5, 5.41) is 5.48. The number of anilines is 1. The second kappa shape index (κ2) is 6.98. The van der Waals surface area contributed by atoms with Gasteiger partial charge in [0.15, 0.2) is 7.05 Å². The van der Waals surface area contributed by atoms with Gasteiger partial charge < -0.3 is 10.1 Å². The molecule has 0 aliphatic heterocycles. The number of ether oxygens (including phenoxy) is 1. The molecule has 0 unspecified atom stereocenters. The highest BCUT2D eigenvalue weighted by molar-refractivity contribution is 7.99. The molecule has 21 heavy (non-hydrogen) atoms. The number of benzene rings is 1. The van der Waals surface area contributed by atoms with E-state index in [9.17, 15) is 9.59 Å². The fourth-order valence-electron chi connectivity index (χ4n) is 1.62. The van der Waals surface area contributed by atoms with Crippen LogP contribution < -0.4 is 20.4 Å². The van der Waals surface area contributed by atoms with Crippen LogP contribution in [0.15, 0.2) is 38.6 Å². The SMILES string of the molecule is CCOc1ccc(NC(=O)CSc2c(=O)o[nH][n+]2C)cc1. The number of thioether (sulfide) groups is 1. The molecule has 0 saturated heterocycles. The zero-order valence-corrected chi connectivity index (χ0v) is 12.5. The maximum atomic E-state index is 11.8. The van der Waals surface area contributed by atoms with Gasteiger partial charge in [-0.05, 0) is 48.2 Å². The minimum atomic E-state index is -0.489. The van der Waals surface area contributed by atoms with E-state index in [0.717, 1.165) is 17.5 Å². The fourth-order valence-corrected chi connectivity index (χ4v) is 2.35. The Kier molecular flexibility index (Phi) is 5.04. The summed E-state index contributed by atoms with van der Waals surface area (Å²) in [6.45, 7) is 2.50. The quantitative estimate of drug-likeness (QED) is 0.612. The monoisotopic (exact) mass is 310 g/mol. The lowest BCUT2D eigenvalue weighted by atomic mass is 10.3. The molecule has 7 nitrogen and oxygen atoms in total. The molecule has 0 saturated carbocycles. The van der Waals surface area contributed by atoms with Crippen molar-refractivity contribution in [2.45, 2.75) is 11.9 Å². The van der Waals surface area contributed by atoms with Crippen LogP contribution >= 0.6 is 11.8 Å². The summed E-state index contributed by atoms with van der Waals surface area (Å²) in [4.78, 5) is 23.2. The predicted molar refractivity (Wildman–Crippen MR) is 77.5 cm³/mol. The lowest BCUT2D eigenvalue weighted by Gasteiger charge is -2.06. The van der Waals surface area contributed by atoms with E-state index in [2.05, 4.69) is 15.1 Å². The number of aryl methyl sites for hydroxylation is 1. The number of aromatic amines is 1. The van der Waals surface area contributed by atoms with Crippen molar-refractivity contribution >= 4 is 23.4 Å². The van der Waals surface area contributed by atoms with Crippen LogP contribution in [0.2, 0.25) is 0 Å². The minimum absolute atomic E-state index is 0.115. The van der Waals surface area contributed by atoms with Gasteiger partial charge in [-0.1, -0.05) is 4.68 Å². The van der Waals surface area contributed by atoms with Crippen LogP contribution in [-0.2, 0) is 11.8 Å². The maximum Gasteiger partial charge on any atom is 0.441 e. The molecule has 0 fully saturated rings. The number of nitrogens with zero attached hydrogens (tertiary/aromatic N) is 1. The molecule has 1 amide bonds. The van der Waals surface area contributed by atoms with Gasteiger partial charge in [0.2, 0.25) is 5.91 Å². The molecule has 0 atom stereocenters. The average Bonchev–Trinajstić information content (AvgIpc) is 2.78. The Bertz CT molecular complexity index is 663. The van der Waals surface area contributed by atoms with E-state index in [1.807, 2.05) is 6.92 Å². The van der Waals surface area contributed by atoms with Gasteiger partial charge >= 0.3 is 10.7 Å². The molecule has 0 aliphatic carbocycles. The van der Waals surface area contributed by atoms with Gasteiger partial charge in [-0.3, -0.25) is 9.32 Å². The van der Waals surface area contributed by atoms with Crippen LogP contribution in [0, 0.1) is 0 Å². The van der Waals surface area contributed by atoms with Crippen molar-refractivity contribution in [2.24, 2.45) is 7.05 Å². The van der Waals surface area contributed by atoms with Crippen LogP contribution in [0.25, 0.3) is 0 Å². The first-order valence-corrected chi connectivity index (χ1v) is 7.31. The van der Waals surface area contributed by atoms with E-state index in [-0.39, 0.29) is 11.7 Å². The Morgan fingerprint density at radius 2 is 2.14 bits per heavy atom. The molecule has 2 aromatic rings. The van der Waals surface area contributed by atoms with Crippen LogP contribution in [0.3, 0.4) is 0 Å². The normalized spacial score (nSPS) is 10.4. The summed E-state index contributed by atoms with van der Waals surface area (Å²) >= 11 is 1.11. The van der Waals surface area contributed by atoms with Crippen molar-refractivity contribution in [3.8, 4) is 5.75 Å². The van der Waals surface area contributed by atoms with E-state index in [4.69, 9.17) is 4.74 Å².